The van der Waals surface area contributed by atoms with Crippen LogP contribution in [0.25, 0.3) is 0 Å². The summed E-state index contributed by atoms with van der Waals surface area (Å²) in [6.45, 7) is 4.06. The highest BCUT2D eigenvalue weighted by atomic mass is 16.6. The Kier molecular flexibility index (Phi) is 4.53. The van der Waals surface area contributed by atoms with Gasteiger partial charge in [0.15, 0.2) is 0 Å². The molecule has 2 unspecified atom stereocenters. The lowest BCUT2D eigenvalue weighted by Crippen LogP contribution is -2.30. The van der Waals surface area contributed by atoms with E-state index < -0.39 is 0 Å². The van der Waals surface area contributed by atoms with Crippen LogP contribution in [0.5, 0.6) is 0 Å². The zero-order valence-corrected chi connectivity index (χ0v) is 11.6. The SMILES string of the molecule is CC(Cc1ccco1)NC(C)c1cccc([N+](=O)[O-])c1. The Balaban J connectivity index is 1.98. The van der Waals surface area contributed by atoms with Gasteiger partial charge in [-0.25, -0.2) is 0 Å². The van der Waals surface area contributed by atoms with Crippen LogP contribution in [0.1, 0.15) is 31.2 Å². The van der Waals surface area contributed by atoms with Gasteiger partial charge >= 0.3 is 0 Å². The molecule has 0 fully saturated rings. The van der Waals surface area contributed by atoms with Gasteiger partial charge in [0.2, 0.25) is 0 Å². The van der Waals surface area contributed by atoms with Crippen molar-refractivity contribution in [1.29, 1.82) is 0 Å². The average molecular weight is 274 g/mol. The molecule has 20 heavy (non-hydrogen) atoms. The number of nitrogens with zero attached hydrogens (tertiary/aromatic N) is 1. The van der Waals surface area contributed by atoms with Crippen LogP contribution in [-0.2, 0) is 6.42 Å². The molecule has 1 aromatic carbocycles. The Morgan fingerprint density at radius 3 is 2.75 bits per heavy atom. The van der Waals surface area contributed by atoms with Crippen LogP contribution >= 0.6 is 0 Å². The maximum absolute atomic E-state index is 10.8. The number of furan rings is 1. The topological polar surface area (TPSA) is 68.3 Å². The standard InChI is InChI=1S/C15H18N2O3/c1-11(9-15-7-4-8-20-15)16-12(2)13-5-3-6-14(10-13)17(18)19/h3-8,10-12,16H,9H2,1-2H3. The van der Waals surface area contributed by atoms with Gasteiger partial charge in [0, 0.05) is 30.6 Å². The third-order valence-corrected chi connectivity index (χ3v) is 3.20. The molecule has 1 heterocycles. The third kappa shape index (κ3) is 3.68. The number of non-ortho nitro benzene ring substituents is 1. The van der Waals surface area contributed by atoms with E-state index in [1.807, 2.05) is 25.1 Å². The number of rotatable bonds is 6. The van der Waals surface area contributed by atoms with Gasteiger partial charge in [-0.1, -0.05) is 12.1 Å². The molecule has 0 saturated heterocycles. The van der Waals surface area contributed by atoms with Crippen molar-refractivity contribution in [3.63, 3.8) is 0 Å². The first-order valence-corrected chi connectivity index (χ1v) is 6.59. The summed E-state index contributed by atoms with van der Waals surface area (Å²) in [6.07, 6.45) is 2.44. The highest BCUT2D eigenvalue weighted by Crippen LogP contribution is 2.19. The van der Waals surface area contributed by atoms with E-state index in [0.717, 1.165) is 17.7 Å². The van der Waals surface area contributed by atoms with E-state index in [2.05, 4.69) is 12.2 Å². The zero-order chi connectivity index (χ0) is 14.5. The highest BCUT2D eigenvalue weighted by molar-refractivity contribution is 5.35. The molecule has 2 rings (SSSR count). The molecular weight excluding hydrogens is 256 g/mol. The lowest BCUT2D eigenvalue weighted by atomic mass is 10.1. The normalized spacial score (nSPS) is 13.9. The molecule has 1 N–H and O–H groups in total. The zero-order valence-electron chi connectivity index (χ0n) is 11.6. The fourth-order valence-corrected chi connectivity index (χ4v) is 2.22. The quantitative estimate of drug-likeness (QED) is 0.647. The summed E-state index contributed by atoms with van der Waals surface area (Å²) >= 11 is 0. The summed E-state index contributed by atoms with van der Waals surface area (Å²) in [5, 5.41) is 14.2. The second-order valence-electron chi connectivity index (χ2n) is 4.92. The summed E-state index contributed by atoms with van der Waals surface area (Å²) in [4.78, 5) is 10.4. The Bertz CT molecular complexity index is 566. The van der Waals surface area contributed by atoms with Crippen molar-refractivity contribution in [3.05, 3.63) is 64.1 Å². The van der Waals surface area contributed by atoms with E-state index in [1.165, 1.54) is 6.07 Å². The van der Waals surface area contributed by atoms with Crippen molar-refractivity contribution in [2.45, 2.75) is 32.4 Å². The van der Waals surface area contributed by atoms with Crippen LogP contribution < -0.4 is 5.32 Å². The Labute approximate surface area is 117 Å². The fraction of sp³-hybridized carbons (Fsp3) is 0.333. The first kappa shape index (κ1) is 14.3. The van der Waals surface area contributed by atoms with Gasteiger partial charge in [-0.15, -0.1) is 0 Å². The summed E-state index contributed by atoms with van der Waals surface area (Å²) in [7, 11) is 0. The number of benzene rings is 1. The third-order valence-electron chi connectivity index (χ3n) is 3.20. The summed E-state index contributed by atoms with van der Waals surface area (Å²) in [5.74, 6) is 0.927. The molecule has 5 heteroatoms. The highest BCUT2D eigenvalue weighted by Gasteiger charge is 2.14. The molecule has 0 radical (unpaired) electrons. The van der Waals surface area contributed by atoms with E-state index >= 15 is 0 Å². The largest absolute Gasteiger partial charge is 0.469 e. The first-order chi connectivity index (χ1) is 9.56. The van der Waals surface area contributed by atoms with Crippen LogP contribution in [0.2, 0.25) is 0 Å². The predicted octanol–water partition coefficient (Wildman–Crippen LogP) is 3.47. The summed E-state index contributed by atoms with van der Waals surface area (Å²) < 4.78 is 5.31. The van der Waals surface area contributed by atoms with Gasteiger partial charge in [0.1, 0.15) is 5.76 Å². The molecule has 5 nitrogen and oxygen atoms in total. The van der Waals surface area contributed by atoms with E-state index in [0.29, 0.717) is 0 Å². The fourth-order valence-electron chi connectivity index (χ4n) is 2.22. The summed E-state index contributed by atoms with van der Waals surface area (Å²) in [5.41, 5.74) is 1.03. The molecule has 0 bridgehead atoms. The van der Waals surface area contributed by atoms with Crippen LogP contribution in [0, 0.1) is 10.1 Å². The van der Waals surface area contributed by atoms with Crippen LogP contribution in [0.4, 0.5) is 5.69 Å². The van der Waals surface area contributed by atoms with Crippen molar-refractivity contribution in [1.82, 2.24) is 5.32 Å². The lowest BCUT2D eigenvalue weighted by molar-refractivity contribution is -0.384. The molecule has 0 spiro atoms. The maximum Gasteiger partial charge on any atom is 0.269 e. The smallest absolute Gasteiger partial charge is 0.269 e. The van der Waals surface area contributed by atoms with Crippen molar-refractivity contribution in [2.24, 2.45) is 0 Å². The first-order valence-electron chi connectivity index (χ1n) is 6.59. The van der Waals surface area contributed by atoms with Crippen molar-refractivity contribution < 1.29 is 9.34 Å². The minimum Gasteiger partial charge on any atom is -0.469 e. The van der Waals surface area contributed by atoms with Gasteiger partial charge in [-0.05, 0) is 31.5 Å². The molecular formula is C15H18N2O3. The molecule has 2 aromatic rings. The van der Waals surface area contributed by atoms with Crippen LogP contribution in [0.3, 0.4) is 0 Å². The number of nitro benzene ring substituents is 1. The van der Waals surface area contributed by atoms with E-state index in [9.17, 15) is 10.1 Å². The number of hydrogen-bond acceptors (Lipinski definition) is 4. The van der Waals surface area contributed by atoms with Crippen LogP contribution in [-0.4, -0.2) is 11.0 Å². The van der Waals surface area contributed by atoms with Gasteiger partial charge in [-0.2, -0.15) is 0 Å². The van der Waals surface area contributed by atoms with Crippen molar-refractivity contribution in [3.8, 4) is 0 Å². The number of nitrogens with one attached hydrogen (secondary N) is 1. The Morgan fingerprint density at radius 2 is 2.10 bits per heavy atom. The van der Waals surface area contributed by atoms with Gasteiger partial charge in [0.05, 0.1) is 11.2 Å². The summed E-state index contributed by atoms with van der Waals surface area (Å²) in [6, 6.07) is 10.8. The predicted molar refractivity (Wildman–Crippen MR) is 76.5 cm³/mol. The maximum atomic E-state index is 10.8. The molecule has 0 amide bonds. The lowest BCUT2D eigenvalue weighted by Gasteiger charge is -2.19. The minimum atomic E-state index is -0.373. The van der Waals surface area contributed by atoms with Crippen molar-refractivity contribution in [2.75, 3.05) is 0 Å². The number of hydrogen-bond donors (Lipinski definition) is 1. The van der Waals surface area contributed by atoms with E-state index in [-0.39, 0.29) is 22.7 Å². The minimum absolute atomic E-state index is 0.0415. The number of nitro groups is 1. The van der Waals surface area contributed by atoms with E-state index in [1.54, 1.807) is 18.4 Å². The van der Waals surface area contributed by atoms with E-state index in [4.69, 9.17) is 4.42 Å². The molecule has 1 aromatic heterocycles. The average Bonchev–Trinajstić information content (AvgIpc) is 2.91. The second kappa shape index (κ2) is 6.34. The van der Waals surface area contributed by atoms with Crippen molar-refractivity contribution >= 4 is 5.69 Å². The molecule has 2 atom stereocenters. The monoisotopic (exact) mass is 274 g/mol. The van der Waals surface area contributed by atoms with Gasteiger partial charge in [-0.3, -0.25) is 10.1 Å². The Hall–Kier alpha value is -2.14. The van der Waals surface area contributed by atoms with Gasteiger partial charge in [0.25, 0.3) is 5.69 Å². The molecule has 106 valence electrons. The van der Waals surface area contributed by atoms with Crippen LogP contribution in [0.15, 0.2) is 47.1 Å². The molecule has 0 aliphatic heterocycles. The molecule has 0 aliphatic rings. The molecule has 0 saturated carbocycles. The molecule has 0 aliphatic carbocycles. The second-order valence-corrected chi connectivity index (χ2v) is 4.92. The Morgan fingerprint density at radius 1 is 1.30 bits per heavy atom. The van der Waals surface area contributed by atoms with Gasteiger partial charge < -0.3 is 9.73 Å².